The number of hydrogen-bond donors (Lipinski definition) is 1. The Morgan fingerprint density at radius 2 is 2.17 bits per heavy atom. The molecular formula is C13H18ClNO3. The van der Waals surface area contributed by atoms with Crippen molar-refractivity contribution in [3.8, 4) is 5.75 Å². The summed E-state index contributed by atoms with van der Waals surface area (Å²) >= 11 is 6.04. The molecule has 1 aromatic carbocycles. The van der Waals surface area contributed by atoms with Crippen LogP contribution in [0, 0.1) is 0 Å². The van der Waals surface area contributed by atoms with Crippen LogP contribution in [-0.4, -0.2) is 25.2 Å². The van der Waals surface area contributed by atoms with Crippen molar-refractivity contribution in [2.45, 2.75) is 26.4 Å². The summed E-state index contributed by atoms with van der Waals surface area (Å²) in [7, 11) is 0. The van der Waals surface area contributed by atoms with Crippen LogP contribution in [0.2, 0.25) is 5.02 Å². The minimum Gasteiger partial charge on any atom is -0.480 e. The zero-order valence-corrected chi connectivity index (χ0v) is 11.4. The molecule has 2 N–H and O–H groups in total. The van der Waals surface area contributed by atoms with Crippen LogP contribution in [0.25, 0.3) is 0 Å². The standard InChI is InChI=1S/C13H18ClNO3/c1-9(2)18-12(16)8-17-13-10(6-7-15)4-3-5-11(13)14/h3-5,9H,6-8,15H2,1-2H3. The molecule has 0 unspecified atom stereocenters. The predicted molar refractivity (Wildman–Crippen MR) is 70.9 cm³/mol. The van der Waals surface area contributed by atoms with E-state index in [1.54, 1.807) is 19.9 Å². The lowest BCUT2D eigenvalue weighted by atomic mass is 10.1. The van der Waals surface area contributed by atoms with Crippen molar-refractivity contribution in [1.82, 2.24) is 0 Å². The van der Waals surface area contributed by atoms with Crippen LogP contribution in [0.1, 0.15) is 19.4 Å². The van der Waals surface area contributed by atoms with E-state index in [9.17, 15) is 4.79 Å². The Morgan fingerprint density at radius 1 is 1.44 bits per heavy atom. The molecule has 4 nitrogen and oxygen atoms in total. The van der Waals surface area contributed by atoms with Crippen molar-refractivity contribution in [1.29, 1.82) is 0 Å². The fourth-order valence-corrected chi connectivity index (χ4v) is 1.74. The lowest BCUT2D eigenvalue weighted by Gasteiger charge is -2.13. The van der Waals surface area contributed by atoms with Gasteiger partial charge in [-0.05, 0) is 38.4 Å². The van der Waals surface area contributed by atoms with Gasteiger partial charge in [-0.1, -0.05) is 23.7 Å². The SMILES string of the molecule is CC(C)OC(=O)COc1c(Cl)cccc1CCN. The molecule has 0 aliphatic heterocycles. The molecule has 1 aromatic rings. The number of benzene rings is 1. The summed E-state index contributed by atoms with van der Waals surface area (Å²) in [5.74, 6) is 0.0916. The summed E-state index contributed by atoms with van der Waals surface area (Å²) in [6.45, 7) is 3.91. The molecule has 0 saturated heterocycles. The van der Waals surface area contributed by atoms with E-state index < -0.39 is 5.97 Å². The Balaban J connectivity index is 2.68. The minimum absolute atomic E-state index is 0.153. The summed E-state index contributed by atoms with van der Waals surface area (Å²) in [6, 6.07) is 5.42. The molecule has 0 fully saturated rings. The van der Waals surface area contributed by atoms with E-state index in [1.165, 1.54) is 0 Å². The molecule has 0 aliphatic rings. The Kier molecular flexibility index (Phi) is 5.95. The van der Waals surface area contributed by atoms with Crippen molar-refractivity contribution in [2.75, 3.05) is 13.2 Å². The van der Waals surface area contributed by atoms with Gasteiger partial charge in [-0.3, -0.25) is 0 Å². The van der Waals surface area contributed by atoms with Crippen molar-refractivity contribution in [3.05, 3.63) is 28.8 Å². The molecule has 18 heavy (non-hydrogen) atoms. The van der Waals surface area contributed by atoms with E-state index in [4.69, 9.17) is 26.8 Å². The number of halogens is 1. The summed E-state index contributed by atoms with van der Waals surface area (Å²) in [5, 5.41) is 0.471. The fraction of sp³-hybridized carbons (Fsp3) is 0.462. The maximum atomic E-state index is 11.4. The predicted octanol–water partition coefficient (Wildman–Crippen LogP) is 2.17. The summed E-state index contributed by atoms with van der Waals surface area (Å²) in [6.07, 6.45) is 0.491. The molecule has 0 radical (unpaired) electrons. The Morgan fingerprint density at radius 3 is 2.78 bits per heavy atom. The highest BCUT2D eigenvalue weighted by Gasteiger charge is 2.11. The van der Waals surface area contributed by atoms with Gasteiger partial charge in [-0.15, -0.1) is 0 Å². The Hall–Kier alpha value is -1.26. The van der Waals surface area contributed by atoms with Gasteiger partial charge < -0.3 is 15.2 Å². The lowest BCUT2D eigenvalue weighted by Crippen LogP contribution is -2.19. The van der Waals surface area contributed by atoms with Crippen LogP contribution in [0.3, 0.4) is 0 Å². The highest BCUT2D eigenvalue weighted by molar-refractivity contribution is 6.32. The van der Waals surface area contributed by atoms with E-state index in [1.807, 2.05) is 12.1 Å². The summed E-state index contributed by atoms with van der Waals surface area (Å²) in [4.78, 5) is 11.4. The highest BCUT2D eigenvalue weighted by Crippen LogP contribution is 2.28. The number of hydrogen-bond acceptors (Lipinski definition) is 4. The molecule has 0 bridgehead atoms. The molecule has 0 aliphatic carbocycles. The first-order chi connectivity index (χ1) is 8.54. The van der Waals surface area contributed by atoms with Crippen LogP contribution in [0.4, 0.5) is 0 Å². The first-order valence-electron chi connectivity index (χ1n) is 5.84. The Labute approximate surface area is 112 Å². The number of ether oxygens (including phenoxy) is 2. The summed E-state index contributed by atoms with van der Waals surface area (Å²) < 4.78 is 10.4. The normalized spacial score (nSPS) is 10.5. The van der Waals surface area contributed by atoms with Crippen molar-refractivity contribution < 1.29 is 14.3 Å². The average molecular weight is 272 g/mol. The summed E-state index contributed by atoms with van der Waals surface area (Å²) in [5.41, 5.74) is 6.40. The second kappa shape index (κ2) is 7.24. The van der Waals surface area contributed by atoms with Gasteiger partial charge in [-0.25, -0.2) is 4.79 Å². The van der Waals surface area contributed by atoms with Crippen LogP contribution in [-0.2, 0) is 16.0 Å². The second-order valence-corrected chi connectivity index (χ2v) is 4.50. The molecule has 0 saturated carbocycles. The number of esters is 1. The van der Waals surface area contributed by atoms with E-state index in [0.717, 1.165) is 5.56 Å². The van der Waals surface area contributed by atoms with Gasteiger partial charge in [0.1, 0.15) is 5.75 Å². The monoisotopic (exact) mass is 271 g/mol. The second-order valence-electron chi connectivity index (χ2n) is 4.09. The Bertz CT molecular complexity index is 407. The van der Waals surface area contributed by atoms with Crippen molar-refractivity contribution in [2.24, 2.45) is 5.73 Å². The zero-order chi connectivity index (χ0) is 13.5. The van der Waals surface area contributed by atoms with Crippen molar-refractivity contribution >= 4 is 17.6 Å². The number of nitrogens with two attached hydrogens (primary N) is 1. The number of para-hydroxylation sites is 1. The van der Waals surface area contributed by atoms with Gasteiger partial charge in [0.05, 0.1) is 11.1 Å². The molecule has 100 valence electrons. The molecule has 1 rings (SSSR count). The average Bonchev–Trinajstić information content (AvgIpc) is 2.27. The van der Waals surface area contributed by atoms with Crippen LogP contribution in [0.15, 0.2) is 18.2 Å². The smallest absolute Gasteiger partial charge is 0.344 e. The number of carbonyl (C=O) groups excluding carboxylic acids is 1. The van der Waals surface area contributed by atoms with Crippen LogP contribution >= 0.6 is 11.6 Å². The van der Waals surface area contributed by atoms with Crippen molar-refractivity contribution in [3.63, 3.8) is 0 Å². The molecule has 0 heterocycles. The molecule has 0 aromatic heterocycles. The fourth-order valence-electron chi connectivity index (χ4n) is 1.50. The third kappa shape index (κ3) is 4.55. The molecule has 0 atom stereocenters. The first-order valence-corrected chi connectivity index (χ1v) is 6.22. The van der Waals surface area contributed by atoms with E-state index in [2.05, 4.69) is 0 Å². The van der Waals surface area contributed by atoms with E-state index in [0.29, 0.717) is 23.7 Å². The molecule has 5 heteroatoms. The number of rotatable bonds is 6. The van der Waals surface area contributed by atoms with Gasteiger partial charge in [0, 0.05) is 0 Å². The van der Waals surface area contributed by atoms with Gasteiger partial charge >= 0.3 is 5.97 Å². The minimum atomic E-state index is -0.413. The van der Waals surface area contributed by atoms with Gasteiger partial charge in [0.15, 0.2) is 6.61 Å². The maximum Gasteiger partial charge on any atom is 0.344 e. The zero-order valence-electron chi connectivity index (χ0n) is 10.6. The van der Waals surface area contributed by atoms with Gasteiger partial charge in [0.25, 0.3) is 0 Å². The third-order valence-electron chi connectivity index (χ3n) is 2.16. The number of carbonyl (C=O) groups is 1. The van der Waals surface area contributed by atoms with Gasteiger partial charge in [-0.2, -0.15) is 0 Å². The van der Waals surface area contributed by atoms with Crippen LogP contribution < -0.4 is 10.5 Å². The highest BCUT2D eigenvalue weighted by atomic mass is 35.5. The third-order valence-corrected chi connectivity index (χ3v) is 2.46. The van der Waals surface area contributed by atoms with Gasteiger partial charge in [0.2, 0.25) is 0 Å². The molecule has 0 spiro atoms. The van der Waals surface area contributed by atoms with E-state index in [-0.39, 0.29) is 12.7 Å². The quantitative estimate of drug-likeness (QED) is 0.806. The van der Waals surface area contributed by atoms with E-state index >= 15 is 0 Å². The topological polar surface area (TPSA) is 61.5 Å². The van der Waals surface area contributed by atoms with Crippen LogP contribution in [0.5, 0.6) is 5.75 Å². The molecule has 0 amide bonds. The maximum absolute atomic E-state index is 11.4. The largest absolute Gasteiger partial charge is 0.480 e. The first kappa shape index (κ1) is 14.8. The lowest BCUT2D eigenvalue weighted by molar-refractivity contribution is -0.149. The molecular weight excluding hydrogens is 254 g/mol.